The minimum absolute atomic E-state index is 0.202. The first kappa shape index (κ1) is 15.8. The third-order valence-corrected chi connectivity index (χ3v) is 4.75. The van der Waals surface area contributed by atoms with Gasteiger partial charge < -0.3 is 10.2 Å². The number of hydrogen-bond donors (Lipinski definition) is 3. The van der Waals surface area contributed by atoms with E-state index in [1.54, 1.807) is 12.1 Å². The Morgan fingerprint density at radius 2 is 1.87 bits per heavy atom. The third kappa shape index (κ3) is 3.64. The molecule has 23 heavy (non-hydrogen) atoms. The van der Waals surface area contributed by atoms with Crippen LogP contribution in [0, 0.1) is 11.8 Å². The summed E-state index contributed by atoms with van der Waals surface area (Å²) in [5, 5.41) is 3.76. The van der Waals surface area contributed by atoms with E-state index in [1.165, 1.54) is 6.42 Å². The van der Waals surface area contributed by atoms with Crippen molar-refractivity contribution in [3.8, 4) is 0 Å². The van der Waals surface area contributed by atoms with Gasteiger partial charge >= 0.3 is 0 Å². The van der Waals surface area contributed by atoms with Crippen molar-refractivity contribution in [2.24, 2.45) is 11.8 Å². The molecule has 0 aromatic heterocycles. The molecule has 1 amide bonds. The van der Waals surface area contributed by atoms with Gasteiger partial charge in [0.1, 0.15) is 0 Å². The Kier molecular flexibility index (Phi) is 4.52. The fourth-order valence-corrected chi connectivity index (χ4v) is 3.45. The second-order valence-corrected chi connectivity index (χ2v) is 6.79. The number of amides is 1. The maximum atomic E-state index is 12.1. The number of anilines is 1. The second kappa shape index (κ2) is 6.58. The molecule has 1 saturated carbocycles. The standard InChI is InChI=1S/C17H22N4OS/c1-21(2)14-7-5-12(6-8-14)16(22)19-20-17(23)18-15-10-11-3-4-13(15)9-11/h3-8,11,13,15H,9-10H2,1-2H3,(H,19,22)(H2,18,20,23). The highest BCUT2D eigenvalue weighted by Crippen LogP contribution is 2.38. The van der Waals surface area contributed by atoms with E-state index >= 15 is 0 Å². The van der Waals surface area contributed by atoms with E-state index in [2.05, 4.69) is 28.3 Å². The van der Waals surface area contributed by atoms with Crippen molar-refractivity contribution in [2.75, 3.05) is 19.0 Å². The summed E-state index contributed by atoms with van der Waals surface area (Å²) in [4.78, 5) is 14.1. The highest BCUT2D eigenvalue weighted by molar-refractivity contribution is 7.80. The zero-order chi connectivity index (χ0) is 16.4. The summed E-state index contributed by atoms with van der Waals surface area (Å²) < 4.78 is 0. The molecular formula is C17H22N4OS. The van der Waals surface area contributed by atoms with E-state index in [0.29, 0.717) is 28.6 Å². The van der Waals surface area contributed by atoms with Crippen LogP contribution in [0.2, 0.25) is 0 Å². The molecule has 1 aromatic rings. The van der Waals surface area contributed by atoms with Crippen LogP contribution in [-0.2, 0) is 0 Å². The van der Waals surface area contributed by atoms with Gasteiger partial charge in [0, 0.05) is 31.4 Å². The van der Waals surface area contributed by atoms with Gasteiger partial charge in [0.05, 0.1) is 0 Å². The van der Waals surface area contributed by atoms with Crippen LogP contribution in [0.3, 0.4) is 0 Å². The van der Waals surface area contributed by atoms with Gasteiger partial charge in [-0.25, -0.2) is 0 Å². The van der Waals surface area contributed by atoms with Crippen molar-refractivity contribution in [1.82, 2.24) is 16.2 Å². The summed E-state index contributed by atoms with van der Waals surface area (Å²) in [7, 11) is 3.93. The Morgan fingerprint density at radius 3 is 2.43 bits per heavy atom. The number of benzene rings is 1. The Bertz CT molecular complexity index is 626. The highest BCUT2D eigenvalue weighted by Gasteiger charge is 2.35. The van der Waals surface area contributed by atoms with Gasteiger partial charge in [-0.1, -0.05) is 12.2 Å². The van der Waals surface area contributed by atoms with E-state index in [4.69, 9.17) is 12.2 Å². The SMILES string of the molecule is CN(C)c1ccc(C(=O)NNC(=S)NC2CC3C=CC2C3)cc1. The zero-order valence-electron chi connectivity index (χ0n) is 13.4. The van der Waals surface area contributed by atoms with Gasteiger partial charge in [-0.3, -0.25) is 15.6 Å². The molecule has 0 radical (unpaired) electrons. The first-order valence-corrected chi connectivity index (χ1v) is 8.26. The van der Waals surface area contributed by atoms with E-state index < -0.39 is 0 Å². The molecule has 0 saturated heterocycles. The van der Waals surface area contributed by atoms with Gasteiger partial charge in [-0.05, 0) is 61.2 Å². The Hall–Kier alpha value is -2.08. The molecule has 0 aliphatic heterocycles. The van der Waals surface area contributed by atoms with Gasteiger partial charge in [0.2, 0.25) is 0 Å². The molecule has 1 aromatic carbocycles. The number of allylic oxidation sites excluding steroid dienone is 1. The third-order valence-electron chi connectivity index (χ3n) is 4.53. The molecule has 6 heteroatoms. The molecule has 3 rings (SSSR count). The van der Waals surface area contributed by atoms with Gasteiger partial charge in [0.25, 0.3) is 5.91 Å². The number of nitrogens with one attached hydrogen (secondary N) is 3. The molecular weight excluding hydrogens is 308 g/mol. The lowest BCUT2D eigenvalue weighted by molar-refractivity contribution is 0.0943. The van der Waals surface area contributed by atoms with Crippen LogP contribution in [0.1, 0.15) is 23.2 Å². The Balaban J connectivity index is 1.46. The summed E-state index contributed by atoms with van der Waals surface area (Å²) >= 11 is 5.26. The summed E-state index contributed by atoms with van der Waals surface area (Å²) in [6, 6.07) is 7.79. The topological polar surface area (TPSA) is 56.4 Å². The molecule has 1 fully saturated rings. The highest BCUT2D eigenvalue weighted by atomic mass is 32.1. The van der Waals surface area contributed by atoms with Crippen LogP contribution in [0.5, 0.6) is 0 Å². The fraction of sp³-hybridized carbons (Fsp3) is 0.412. The van der Waals surface area contributed by atoms with Crippen LogP contribution >= 0.6 is 12.2 Å². The molecule has 0 heterocycles. The molecule has 2 aliphatic rings. The van der Waals surface area contributed by atoms with Gasteiger partial charge in [-0.15, -0.1) is 0 Å². The minimum atomic E-state index is -0.202. The summed E-state index contributed by atoms with van der Waals surface area (Å²) in [5.74, 6) is 1.05. The van der Waals surface area contributed by atoms with Crippen molar-refractivity contribution in [1.29, 1.82) is 0 Å². The van der Waals surface area contributed by atoms with E-state index in [1.807, 2.05) is 31.1 Å². The van der Waals surface area contributed by atoms with Crippen molar-refractivity contribution in [3.05, 3.63) is 42.0 Å². The molecule has 3 N–H and O–H groups in total. The molecule has 2 bridgehead atoms. The second-order valence-electron chi connectivity index (χ2n) is 6.38. The smallest absolute Gasteiger partial charge is 0.269 e. The summed E-state index contributed by atoms with van der Waals surface area (Å²) in [6.45, 7) is 0. The Morgan fingerprint density at radius 1 is 1.13 bits per heavy atom. The number of nitrogens with zero attached hydrogens (tertiary/aromatic N) is 1. The van der Waals surface area contributed by atoms with Crippen LogP contribution in [0.4, 0.5) is 5.69 Å². The normalized spacial score (nSPS) is 24.3. The number of carbonyl (C=O) groups excluding carboxylic acids is 1. The molecule has 3 atom stereocenters. The number of carbonyl (C=O) groups is 1. The van der Waals surface area contributed by atoms with Crippen molar-refractivity contribution >= 4 is 28.9 Å². The van der Waals surface area contributed by atoms with E-state index in [9.17, 15) is 4.79 Å². The first-order valence-electron chi connectivity index (χ1n) is 7.85. The maximum Gasteiger partial charge on any atom is 0.269 e. The zero-order valence-corrected chi connectivity index (χ0v) is 14.2. The van der Waals surface area contributed by atoms with Crippen LogP contribution in [-0.4, -0.2) is 31.2 Å². The largest absolute Gasteiger partial charge is 0.378 e. The van der Waals surface area contributed by atoms with Crippen molar-refractivity contribution in [2.45, 2.75) is 18.9 Å². The van der Waals surface area contributed by atoms with Crippen LogP contribution < -0.4 is 21.1 Å². The average molecular weight is 330 g/mol. The van der Waals surface area contributed by atoms with Crippen LogP contribution in [0.15, 0.2) is 36.4 Å². The van der Waals surface area contributed by atoms with Crippen molar-refractivity contribution < 1.29 is 4.79 Å². The fourth-order valence-electron chi connectivity index (χ4n) is 3.25. The Labute approximate surface area is 142 Å². The number of hydrazine groups is 1. The average Bonchev–Trinajstić information content (AvgIpc) is 3.15. The molecule has 2 aliphatic carbocycles. The molecule has 3 unspecified atom stereocenters. The number of hydrogen-bond acceptors (Lipinski definition) is 3. The predicted octanol–water partition coefficient (Wildman–Crippen LogP) is 1.83. The van der Waals surface area contributed by atoms with Gasteiger partial charge in [-0.2, -0.15) is 0 Å². The minimum Gasteiger partial charge on any atom is -0.378 e. The lowest BCUT2D eigenvalue weighted by Crippen LogP contribution is -2.50. The maximum absolute atomic E-state index is 12.1. The van der Waals surface area contributed by atoms with Crippen molar-refractivity contribution in [3.63, 3.8) is 0 Å². The van der Waals surface area contributed by atoms with E-state index in [0.717, 1.165) is 12.1 Å². The predicted molar refractivity (Wildman–Crippen MR) is 96.2 cm³/mol. The molecule has 5 nitrogen and oxygen atoms in total. The van der Waals surface area contributed by atoms with E-state index in [-0.39, 0.29) is 5.91 Å². The summed E-state index contributed by atoms with van der Waals surface area (Å²) in [5.41, 5.74) is 7.08. The lowest BCUT2D eigenvalue weighted by atomic mass is 10.0. The monoisotopic (exact) mass is 330 g/mol. The number of thiocarbonyl (C=S) groups is 1. The lowest BCUT2D eigenvalue weighted by Gasteiger charge is -2.22. The van der Waals surface area contributed by atoms with Crippen LogP contribution in [0.25, 0.3) is 0 Å². The number of fused-ring (bicyclic) bond motifs is 2. The van der Waals surface area contributed by atoms with Gasteiger partial charge in [0.15, 0.2) is 5.11 Å². The molecule has 0 spiro atoms. The first-order chi connectivity index (χ1) is 11.0. The molecule has 122 valence electrons. The summed E-state index contributed by atoms with van der Waals surface area (Å²) in [6.07, 6.45) is 6.88. The number of rotatable bonds is 3. The quantitative estimate of drug-likeness (QED) is 0.448.